The molecule has 0 aliphatic heterocycles. The summed E-state index contributed by atoms with van der Waals surface area (Å²) in [7, 11) is 0. The lowest BCUT2D eigenvalue weighted by Gasteiger charge is -2.19. The molecule has 3 N–H and O–H groups in total. The van der Waals surface area contributed by atoms with Gasteiger partial charge in [0.1, 0.15) is 5.60 Å². The number of carbonyl (C=O) groups excluding carboxylic acids is 3. The molecular weight excluding hydrogens is 560 g/mol. The number of rotatable bonds is 5. The van der Waals surface area contributed by atoms with E-state index in [1.807, 2.05) is 38.1 Å². The lowest BCUT2D eigenvalue weighted by atomic mass is 10.0. The van der Waals surface area contributed by atoms with E-state index < -0.39 is 17.6 Å². The van der Waals surface area contributed by atoms with Crippen molar-refractivity contribution in [2.45, 2.75) is 53.7 Å². The standard InChI is InChI=1S/C31H30N6O5.C2H6/c1-20(38)33-14-16-37-15-12-22(17-28(37)39)6-5-21-7-9-23(10-8-21)27-18-24(25-19-32-13-11-26(25)34-27)29(40)35-36-30(41)42-31(2,3)4;1-2/h7-13,15,17-19H,14,16H2,1-4H3,(H,33,38)(H,35,40)(H,36,41);1-2H3. The summed E-state index contributed by atoms with van der Waals surface area (Å²) in [5.74, 6) is 5.34. The fourth-order valence-corrected chi connectivity index (χ4v) is 3.87. The topological polar surface area (TPSA) is 144 Å². The maximum Gasteiger partial charge on any atom is 0.426 e. The molecule has 0 spiro atoms. The van der Waals surface area contributed by atoms with Gasteiger partial charge in [-0.05, 0) is 51.1 Å². The van der Waals surface area contributed by atoms with E-state index in [0.717, 1.165) is 11.1 Å². The fourth-order valence-electron chi connectivity index (χ4n) is 3.87. The minimum Gasteiger partial charge on any atom is -0.443 e. The number of nitrogens with one attached hydrogen (secondary N) is 3. The van der Waals surface area contributed by atoms with Crippen LogP contribution in [0, 0.1) is 11.8 Å². The van der Waals surface area contributed by atoms with Gasteiger partial charge in [-0.3, -0.25) is 24.8 Å². The summed E-state index contributed by atoms with van der Waals surface area (Å²) in [5.41, 5.74) is 7.12. The predicted octanol–water partition coefficient (Wildman–Crippen LogP) is 4.19. The molecule has 3 heterocycles. The van der Waals surface area contributed by atoms with Crippen molar-refractivity contribution in [3.63, 3.8) is 0 Å². The molecule has 4 rings (SSSR count). The Hall–Kier alpha value is -5.50. The maximum absolute atomic E-state index is 13.0. The van der Waals surface area contributed by atoms with Crippen LogP contribution in [-0.4, -0.2) is 44.6 Å². The number of hydrazine groups is 1. The third-order valence-corrected chi connectivity index (χ3v) is 5.79. The summed E-state index contributed by atoms with van der Waals surface area (Å²) in [5, 5.41) is 3.18. The van der Waals surface area contributed by atoms with Crippen LogP contribution in [0.4, 0.5) is 4.79 Å². The smallest absolute Gasteiger partial charge is 0.426 e. The minimum atomic E-state index is -0.785. The molecule has 0 unspecified atom stereocenters. The Morgan fingerprint density at radius 3 is 2.32 bits per heavy atom. The summed E-state index contributed by atoms with van der Waals surface area (Å²) >= 11 is 0. The molecule has 1 aromatic carbocycles. The lowest BCUT2D eigenvalue weighted by Crippen LogP contribution is -2.44. The number of hydrogen-bond acceptors (Lipinski definition) is 7. The molecule has 3 amide bonds. The van der Waals surface area contributed by atoms with E-state index in [0.29, 0.717) is 35.2 Å². The summed E-state index contributed by atoms with van der Waals surface area (Å²) in [6.07, 6.45) is 3.98. The zero-order chi connectivity index (χ0) is 32.3. The Labute approximate surface area is 256 Å². The highest BCUT2D eigenvalue weighted by Crippen LogP contribution is 2.24. The first-order chi connectivity index (χ1) is 21.0. The molecule has 3 aromatic heterocycles. The van der Waals surface area contributed by atoms with Crippen LogP contribution in [0.15, 0.2) is 71.9 Å². The number of benzene rings is 1. The van der Waals surface area contributed by atoms with Gasteiger partial charge in [-0.1, -0.05) is 37.8 Å². The number of pyridine rings is 3. The quantitative estimate of drug-likeness (QED) is 0.231. The van der Waals surface area contributed by atoms with Crippen LogP contribution in [0.2, 0.25) is 0 Å². The van der Waals surface area contributed by atoms with Crippen molar-refractivity contribution in [3.8, 4) is 23.1 Å². The second-order valence-corrected chi connectivity index (χ2v) is 10.3. The summed E-state index contributed by atoms with van der Waals surface area (Å²) < 4.78 is 6.67. The van der Waals surface area contributed by atoms with Gasteiger partial charge < -0.3 is 14.6 Å². The first-order valence-electron chi connectivity index (χ1n) is 14.1. The molecule has 44 heavy (non-hydrogen) atoms. The van der Waals surface area contributed by atoms with Gasteiger partial charge in [-0.25, -0.2) is 15.2 Å². The Balaban J connectivity index is 0.00000259. The highest BCUT2D eigenvalue weighted by atomic mass is 16.6. The van der Waals surface area contributed by atoms with Gasteiger partial charge in [-0.15, -0.1) is 0 Å². The second-order valence-electron chi connectivity index (χ2n) is 10.3. The van der Waals surface area contributed by atoms with Crippen LogP contribution >= 0.6 is 0 Å². The van der Waals surface area contributed by atoms with Gasteiger partial charge >= 0.3 is 6.09 Å². The molecule has 0 atom stereocenters. The Morgan fingerprint density at radius 1 is 0.955 bits per heavy atom. The van der Waals surface area contributed by atoms with Crippen molar-refractivity contribution in [1.29, 1.82) is 0 Å². The zero-order valence-electron chi connectivity index (χ0n) is 25.6. The van der Waals surface area contributed by atoms with Gasteiger partial charge in [0.2, 0.25) is 5.91 Å². The van der Waals surface area contributed by atoms with E-state index in [1.165, 1.54) is 23.8 Å². The SMILES string of the molecule is CC.CC(=O)NCCn1ccc(C#Cc2ccc(-c3cc(C(=O)NNC(=O)OC(C)(C)C)c4cnccc4n3)cc2)cc1=O. The molecule has 0 aliphatic carbocycles. The Bertz CT molecular complexity index is 1760. The number of fused-ring (bicyclic) bond motifs is 1. The lowest BCUT2D eigenvalue weighted by molar-refractivity contribution is -0.119. The molecular formula is C33H36N6O5. The van der Waals surface area contributed by atoms with Crippen LogP contribution in [0.3, 0.4) is 0 Å². The van der Waals surface area contributed by atoms with E-state index in [2.05, 4.69) is 38.0 Å². The molecule has 0 saturated heterocycles. The van der Waals surface area contributed by atoms with E-state index >= 15 is 0 Å². The summed E-state index contributed by atoms with van der Waals surface area (Å²) in [6, 6.07) is 13.8. The van der Waals surface area contributed by atoms with Crippen molar-refractivity contribution < 1.29 is 19.1 Å². The Kier molecular flexibility index (Phi) is 11.3. The highest BCUT2D eigenvalue weighted by Gasteiger charge is 2.18. The normalized spacial score (nSPS) is 10.4. The third kappa shape index (κ3) is 9.52. The average molecular weight is 597 g/mol. The van der Waals surface area contributed by atoms with Crippen LogP contribution in [0.25, 0.3) is 22.2 Å². The van der Waals surface area contributed by atoms with Crippen molar-refractivity contribution in [2.24, 2.45) is 0 Å². The first kappa shape index (κ1) is 33.0. The number of carbonyl (C=O) groups is 3. The zero-order valence-corrected chi connectivity index (χ0v) is 25.6. The van der Waals surface area contributed by atoms with Crippen LogP contribution in [0.5, 0.6) is 0 Å². The molecule has 11 heteroatoms. The summed E-state index contributed by atoms with van der Waals surface area (Å²) in [6.45, 7) is 11.3. The van der Waals surface area contributed by atoms with Crippen LogP contribution in [0.1, 0.15) is 63.0 Å². The Morgan fingerprint density at radius 2 is 1.66 bits per heavy atom. The van der Waals surface area contributed by atoms with Crippen LogP contribution in [-0.2, 0) is 16.1 Å². The highest BCUT2D eigenvalue weighted by molar-refractivity contribution is 6.07. The third-order valence-electron chi connectivity index (χ3n) is 5.79. The molecule has 0 aliphatic rings. The molecule has 4 aromatic rings. The van der Waals surface area contributed by atoms with Crippen molar-refractivity contribution in [2.75, 3.05) is 6.54 Å². The molecule has 0 bridgehead atoms. The minimum absolute atomic E-state index is 0.149. The molecule has 0 saturated carbocycles. The maximum atomic E-state index is 13.0. The second kappa shape index (κ2) is 15.1. The van der Waals surface area contributed by atoms with E-state index in [9.17, 15) is 19.2 Å². The van der Waals surface area contributed by atoms with Crippen molar-refractivity contribution in [1.82, 2.24) is 30.7 Å². The van der Waals surface area contributed by atoms with Gasteiger partial charge in [0.05, 0.1) is 16.8 Å². The van der Waals surface area contributed by atoms with E-state index in [-0.39, 0.29) is 17.0 Å². The molecule has 0 fully saturated rings. The monoisotopic (exact) mass is 596 g/mol. The largest absolute Gasteiger partial charge is 0.443 e. The molecule has 0 radical (unpaired) electrons. The van der Waals surface area contributed by atoms with Crippen molar-refractivity contribution in [3.05, 3.63) is 94.2 Å². The number of hydrogen-bond donors (Lipinski definition) is 3. The van der Waals surface area contributed by atoms with Gasteiger partial charge in [0, 0.05) is 66.7 Å². The van der Waals surface area contributed by atoms with E-state index in [1.54, 1.807) is 51.4 Å². The summed E-state index contributed by atoms with van der Waals surface area (Å²) in [4.78, 5) is 57.2. The predicted molar refractivity (Wildman–Crippen MR) is 169 cm³/mol. The molecule has 228 valence electrons. The number of nitrogens with zero attached hydrogens (tertiary/aromatic N) is 3. The fraction of sp³-hybridized carbons (Fsp3) is 0.273. The number of ether oxygens (including phenoxy) is 1. The first-order valence-corrected chi connectivity index (χ1v) is 14.1. The van der Waals surface area contributed by atoms with Gasteiger partial charge in [-0.2, -0.15) is 0 Å². The van der Waals surface area contributed by atoms with E-state index in [4.69, 9.17) is 4.74 Å². The van der Waals surface area contributed by atoms with Crippen molar-refractivity contribution >= 4 is 28.8 Å². The van der Waals surface area contributed by atoms with Gasteiger partial charge in [0.15, 0.2) is 0 Å². The number of aromatic nitrogens is 3. The van der Waals surface area contributed by atoms with Crippen LogP contribution < -0.4 is 21.7 Å². The number of amides is 3. The average Bonchev–Trinajstić information content (AvgIpc) is 2.99. The molecule has 11 nitrogen and oxygen atoms in total. The van der Waals surface area contributed by atoms with Gasteiger partial charge in [0.25, 0.3) is 11.5 Å².